The zero-order valence-corrected chi connectivity index (χ0v) is 16.1. The molecule has 0 aromatic heterocycles. The molecule has 128 valence electrons. The Morgan fingerprint density at radius 3 is 2.54 bits per heavy atom. The van der Waals surface area contributed by atoms with Gasteiger partial charge in [0.05, 0.1) is 19.4 Å². The molecule has 0 radical (unpaired) electrons. The third-order valence-electron chi connectivity index (χ3n) is 3.25. The topological polar surface area (TPSA) is 47.6 Å². The van der Waals surface area contributed by atoms with Crippen molar-refractivity contribution in [3.05, 3.63) is 52.5 Å². The van der Waals surface area contributed by atoms with Crippen molar-refractivity contribution >= 4 is 33.6 Å². The third-order valence-corrected chi connectivity index (χ3v) is 4.92. The molecular weight excluding hydrogens is 390 g/mol. The second kappa shape index (κ2) is 9.59. The van der Waals surface area contributed by atoms with E-state index in [2.05, 4.69) is 21.2 Å². The summed E-state index contributed by atoms with van der Waals surface area (Å²) in [5.41, 5.74) is 1.16. The van der Waals surface area contributed by atoms with Gasteiger partial charge in [-0.05, 0) is 55.0 Å². The van der Waals surface area contributed by atoms with E-state index in [1.165, 1.54) is 11.8 Å². The number of amides is 1. The number of ether oxygens (including phenoxy) is 2. The maximum absolute atomic E-state index is 11.9. The highest BCUT2D eigenvalue weighted by atomic mass is 79.9. The van der Waals surface area contributed by atoms with Gasteiger partial charge in [-0.1, -0.05) is 15.9 Å². The van der Waals surface area contributed by atoms with Crippen molar-refractivity contribution < 1.29 is 14.3 Å². The van der Waals surface area contributed by atoms with Gasteiger partial charge in [-0.3, -0.25) is 4.79 Å². The average Bonchev–Trinajstić information content (AvgIpc) is 2.58. The van der Waals surface area contributed by atoms with E-state index in [1.54, 1.807) is 7.11 Å². The maximum Gasteiger partial charge on any atom is 0.230 e. The number of methoxy groups -OCH3 is 1. The first kappa shape index (κ1) is 18.7. The molecule has 0 saturated carbocycles. The van der Waals surface area contributed by atoms with E-state index in [4.69, 9.17) is 9.47 Å². The molecule has 0 spiro atoms. The van der Waals surface area contributed by atoms with Crippen LogP contribution in [0.15, 0.2) is 51.8 Å². The van der Waals surface area contributed by atoms with Gasteiger partial charge < -0.3 is 14.8 Å². The summed E-state index contributed by atoms with van der Waals surface area (Å²) in [6.07, 6.45) is 0. The molecule has 2 aromatic carbocycles. The Labute approximate surface area is 155 Å². The van der Waals surface area contributed by atoms with Crippen molar-refractivity contribution in [2.24, 2.45) is 0 Å². The minimum absolute atomic E-state index is 0.000602. The van der Waals surface area contributed by atoms with Crippen LogP contribution in [0.3, 0.4) is 0 Å². The first-order valence-electron chi connectivity index (χ1n) is 7.51. The van der Waals surface area contributed by atoms with Crippen LogP contribution in [0.5, 0.6) is 11.5 Å². The summed E-state index contributed by atoms with van der Waals surface area (Å²) in [6, 6.07) is 13.4. The van der Waals surface area contributed by atoms with Gasteiger partial charge in [0.25, 0.3) is 0 Å². The summed E-state index contributed by atoms with van der Waals surface area (Å²) in [5.74, 6) is 1.94. The SMILES string of the molecule is COc1ccc(OCCNC(=O)CSc2ccc(Br)cc2C)cc1. The molecule has 1 N–H and O–H groups in total. The van der Waals surface area contributed by atoms with Crippen LogP contribution in [0.25, 0.3) is 0 Å². The highest BCUT2D eigenvalue weighted by Crippen LogP contribution is 2.25. The quantitative estimate of drug-likeness (QED) is 0.527. The number of halogens is 1. The van der Waals surface area contributed by atoms with Crippen molar-refractivity contribution in [3.8, 4) is 11.5 Å². The lowest BCUT2D eigenvalue weighted by Gasteiger charge is -2.09. The van der Waals surface area contributed by atoms with Gasteiger partial charge in [0.2, 0.25) is 5.91 Å². The van der Waals surface area contributed by atoms with Crippen LogP contribution in [0.4, 0.5) is 0 Å². The van der Waals surface area contributed by atoms with Gasteiger partial charge in [-0.25, -0.2) is 0 Å². The largest absolute Gasteiger partial charge is 0.497 e. The molecule has 0 saturated heterocycles. The lowest BCUT2D eigenvalue weighted by atomic mass is 10.2. The lowest BCUT2D eigenvalue weighted by Crippen LogP contribution is -2.29. The second-order valence-corrected chi connectivity index (χ2v) is 7.01. The Morgan fingerprint density at radius 1 is 1.17 bits per heavy atom. The van der Waals surface area contributed by atoms with Gasteiger partial charge in [0, 0.05) is 9.37 Å². The van der Waals surface area contributed by atoms with Gasteiger partial charge >= 0.3 is 0 Å². The van der Waals surface area contributed by atoms with Gasteiger partial charge in [0.15, 0.2) is 0 Å². The second-order valence-electron chi connectivity index (χ2n) is 5.07. The average molecular weight is 410 g/mol. The zero-order chi connectivity index (χ0) is 17.4. The van der Waals surface area contributed by atoms with Crippen LogP contribution in [0.1, 0.15) is 5.56 Å². The number of hydrogen-bond donors (Lipinski definition) is 1. The summed E-state index contributed by atoms with van der Waals surface area (Å²) in [5, 5.41) is 2.86. The first-order valence-corrected chi connectivity index (χ1v) is 9.29. The van der Waals surface area contributed by atoms with Crippen molar-refractivity contribution in [2.45, 2.75) is 11.8 Å². The lowest BCUT2D eigenvalue weighted by molar-refractivity contribution is -0.118. The third kappa shape index (κ3) is 6.09. The monoisotopic (exact) mass is 409 g/mol. The molecule has 0 unspecified atom stereocenters. The van der Waals surface area contributed by atoms with Crippen molar-refractivity contribution in [2.75, 3.05) is 26.0 Å². The Morgan fingerprint density at radius 2 is 1.88 bits per heavy atom. The van der Waals surface area contributed by atoms with Gasteiger partial charge in [0.1, 0.15) is 18.1 Å². The number of hydrogen-bond acceptors (Lipinski definition) is 4. The molecule has 4 nitrogen and oxygen atoms in total. The number of carbonyl (C=O) groups is 1. The molecular formula is C18H20BrNO3S. The number of thioether (sulfide) groups is 1. The highest BCUT2D eigenvalue weighted by Gasteiger charge is 2.05. The Bertz CT molecular complexity index is 676. The fraction of sp³-hybridized carbons (Fsp3) is 0.278. The molecule has 0 aliphatic rings. The summed E-state index contributed by atoms with van der Waals surface area (Å²) >= 11 is 4.97. The van der Waals surface area contributed by atoms with Gasteiger partial charge in [-0.2, -0.15) is 0 Å². The molecule has 24 heavy (non-hydrogen) atoms. The number of aryl methyl sites for hydroxylation is 1. The van der Waals surface area contributed by atoms with Crippen LogP contribution < -0.4 is 14.8 Å². The van der Waals surface area contributed by atoms with Crippen molar-refractivity contribution in [1.82, 2.24) is 5.32 Å². The summed E-state index contributed by atoms with van der Waals surface area (Å²) in [6.45, 7) is 2.94. The van der Waals surface area contributed by atoms with E-state index in [0.29, 0.717) is 18.9 Å². The van der Waals surface area contributed by atoms with Crippen LogP contribution in [0.2, 0.25) is 0 Å². The standard InChI is InChI=1S/C18H20BrNO3S/c1-13-11-14(19)3-8-17(13)24-12-18(21)20-9-10-23-16-6-4-15(22-2)5-7-16/h3-8,11H,9-10,12H2,1-2H3,(H,20,21). The Balaban J connectivity index is 1.65. The van der Waals surface area contributed by atoms with Crippen LogP contribution in [-0.2, 0) is 4.79 Å². The number of nitrogens with one attached hydrogen (secondary N) is 1. The fourth-order valence-corrected chi connectivity index (χ4v) is 3.32. The molecule has 0 aliphatic carbocycles. The van der Waals surface area contributed by atoms with Gasteiger partial charge in [-0.15, -0.1) is 11.8 Å². The van der Waals surface area contributed by atoms with Crippen LogP contribution >= 0.6 is 27.7 Å². The Kier molecular flexibility index (Phi) is 7.46. The number of benzene rings is 2. The molecule has 0 fully saturated rings. The highest BCUT2D eigenvalue weighted by molar-refractivity contribution is 9.10. The number of rotatable bonds is 8. The molecule has 6 heteroatoms. The minimum Gasteiger partial charge on any atom is -0.497 e. The molecule has 1 amide bonds. The van der Waals surface area contributed by atoms with E-state index >= 15 is 0 Å². The van der Waals surface area contributed by atoms with E-state index < -0.39 is 0 Å². The van der Waals surface area contributed by atoms with Crippen LogP contribution in [-0.4, -0.2) is 31.9 Å². The fourth-order valence-electron chi connectivity index (χ4n) is 2.00. The zero-order valence-electron chi connectivity index (χ0n) is 13.7. The molecule has 0 aliphatic heterocycles. The molecule has 0 bridgehead atoms. The van der Waals surface area contributed by atoms with Crippen LogP contribution in [0, 0.1) is 6.92 Å². The summed E-state index contributed by atoms with van der Waals surface area (Å²) < 4.78 is 11.7. The molecule has 0 heterocycles. The minimum atomic E-state index is 0.000602. The smallest absolute Gasteiger partial charge is 0.230 e. The van der Waals surface area contributed by atoms with Crippen molar-refractivity contribution in [1.29, 1.82) is 0 Å². The predicted molar refractivity (Wildman–Crippen MR) is 101 cm³/mol. The van der Waals surface area contributed by atoms with E-state index in [0.717, 1.165) is 26.4 Å². The Hall–Kier alpha value is -1.66. The van der Waals surface area contributed by atoms with Crippen molar-refractivity contribution in [3.63, 3.8) is 0 Å². The summed E-state index contributed by atoms with van der Waals surface area (Å²) in [4.78, 5) is 13.0. The predicted octanol–water partition coefficient (Wildman–Crippen LogP) is 4.05. The van der Waals surface area contributed by atoms with E-state index in [9.17, 15) is 4.79 Å². The normalized spacial score (nSPS) is 10.3. The summed E-state index contributed by atoms with van der Waals surface area (Å²) in [7, 11) is 1.62. The molecule has 0 atom stereocenters. The molecule has 2 rings (SSSR count). The first-order chi connectivity index (χ1) is 11.6. The van der Waals surface area contributed by atoms with E-state index in [1.807, 2.05) is 49.4 Å². The molecule has 2 aromatic rings. The van der Waals surface area contributed by atoms with E-state index in [-0.39, 0.29) is 5.91 Å². The maximum atomic E-state index is 11.9. The number of carbonyl (C=O) groups excluding carboxylic acids is 1.